The molecule has 4 heteroatoms. The molecule has 0 bridgehead atoms. The van der Waals surface area contributed by atoms with E-state index in [9.17, 15) is 0 Å². The highest BCUT2D eigenvalue weighted by Crippen LogP contribution is 2.16. The molecule has 0 unspecified atom stereocenters. The molecule has 0 aliphatic heterocycles. The average molecular weight is 248 g/mol. The SMILES string of the molecule is CN(CCc1ccncc1)c1ccnc(Cl)c1. The van der Waals surface area contributed by atoms with Crippen molar-refractivity contribution in [2.24, 2.45) is 0 Å². The number of halogens is 1. The summed E-state index contributed by atoms with van der Waals surface area (Å²) in [5, 5.41) is 0.526. The quantitative estimate of drug-likeness (QED) is 0.778. The van der Waals surface area contributed by atoms with Gasteiger partial charge in [0, 0.05) is 37.9 Å². The normalized spacial score (nSPS) is 10.2. The summed E-state index contributed by atoms with van der Waals surface area (Å²) in [6, 6.07) is 7.90. The summed E-state index contributed by atoms with van der Waals surface area (Å²) in [4.78, 5) is 10.1. The molecule has 0 spiro atoms. The summed E-state index contributed by atoms with van der Waals surface area (Å²) in [6.45, 7) is 0.935. The highest BCUT2D eigenvalue weighted by molar-refractivity contribution is 6.29. The van der Waals surface area contributed by atoms with Gasteiger partial charge in [-0.05, 0) is 36.2 Å². The third kappa shape index (κ3) is 3.43. The first kappa shape index (κ1) is 11.9. The van der Waals surface area contributed by atoms with Crippen molar-refractivity contribution < 1.29 is 0 Å². The Hall–Kier alpha value is -1.61. The maximum Gasteiger partial charge on any atom is 0.131 e. The highest BCUT2D eigenvalue weighted by atomic mass is 35.5. The lowest BCUT2D eigenvalue weighted by Crippen LogP contribution is -2.20. The van der Waals surface area contributed by atoms with E-state index in [0.29, 0.717) is 5.15 Å². The van der Waals surface area contributed by atoms with E-state index in [-0.39, 0.29) is 0 Å². The van der Waals surface area contributed by atoms with E-state index >= 15 is 0 Å². The van der Waals surface area contributed by atoms with E-state index in [1.54, 1.807) is 6.20 Å². The average Bonchev–Trinajstić information content (AvgIpc) is 2.37. The number of aromatic nitrogens is 2. The monoisotopic (exact) mass is 247 g/mol. The second-order valence-corrected chi connectivity index (χ2v) is 4.25. The molecule has 0 amide bonds. The molecule has 88 valence electrons. The second kappa shape index (κ2) is 5.64. The number of likely N-dealkylation sites (N-methyl/N-ethyl adjacent to an activating group) is 1. The van der Waals surface area contributed by atoms with Crippen molar-refractivity contribution in [3.8, 4) is 0 Å². The smallest absolute Gasteiger partial charge is 0.131 e. The molecule has 0 aliphatic carbocycles. The molecule has 17 heavy (non-hydrogen) atoms. The van der Waals surface area contributed by atoms with Gasteiger partial charge in [-0.25, -0.2) is 4.98 Å². The Balaban J connectivity index is 1.96. The van der Waals surface area contributed by atoms with Gasteiger partial charge in [0.05, 0.1) is 0 Å². The van der Waals surface area contributed by atoms with Crippen LogP contribution < -0.4 is 4.90 Å². The molecule has 2 aromatic rings. The minimum Gasteiger partial charge on any atom is -0.374 e. The molecule has 2 aromatic heterocycles. The Morgan fingerprint density at radius 1 is 1.18 bits per heavy atom. The van der Waals surface area contributed by atoms with Crippen LogP contribution >= 0.6 is 11.6 Å². The minimum atomic E-state index is 0.526. The van der Waals surface area contributed by atoms with Gasteiger partial charge >= 0.3 is 0 Å². The summed E-state index contributed by atoms with van der Waals surface area (Å²) in [7, 11) is 2.05. The molecule has 0 saturated carbocycles. The number of pyridine rings is 2. The predicted octanol–water partition coefficient (Wildman–Crippen LogP) is 2.81. The molecule has 0 N–H and O–H groups in total. The van der Waals surface area contributed by atoms with Crippen LogP contribution in [-0.2, 0) is 6.42 Å². The Morgan fingerprint density at radius 2 is 1.94 bits per heavy atom. The van der Waals surface area contributed by atoms with Crippen molar-refractivity contribution in [2.75, 3.05) is 18.5 Å². The minimum absolute atomic E-state index is 0.526. The van der Waals surface area contributed by atoms with Gasteiger partial charge in [-0.3, -0.25) is 4.98 Å². The molecular formula is C13H14ClN3. The van der Waals surface area contributed by atoms with Crippen molar-refractivity contribution in [2.45, 2.75) is 6.42 Å². The van der Waals surface area contributed by atoms with Crippen molar-refractivity contribution in [1.82, 2.24) is 9.97 Å². The second-order valence-electron chi connectivity index (χ2n) is 3.86. The van der Waals surface area contributed by atoms with Crippen LogP contribution in [0.3, 0.4) is 0 Å². The van der Waals surface area contributed by atoms with Crippen molar-refractivity contribution in [3.05, 3.63) is 53.6 Å². The molecule has 2 heterocycles. The van der Waals surface area contributed by atoms with E-state index in [4.69, 9.17) is 11.6 Å². The molecule has 0 atom stereocenters. The highest BCUT2D eigenvalue weighted by Gasteiger charge is 2.02. The summed E-state index contributed by atoms with van der Waals surface area (Å²) in [5.74, 6) is 0. The Morgan fingerprint density at radius 3 is 2.65 bits per heavy atom. The lowest BCUT2D eigenvalue weighted by Gasteiger charge is -2.19. The molecule has 0 fully saturated rings. The van der Waals surface area contributed by atoms with Crippen LogP contribution in [0.4, 0.5) is 5.69 Å². The number of anilines is 1. The van der Waals surface area contributed by atoms with Crippen LogP contribution in [0.2, 0.25) is 5.15 Å². The Labute approximate surface area is 106 Å². The van der Waals surface area contributed by atoms with Crippen LogP contribution in [0.5, 0.6) is 0 Å². The van der Waals surface area contributed by atoms with Gasteiger partial charge in [-0.2, -0.15) is 0 Å². The molecular weight excluding hydrogens is 234 g/mol. The van der Waals surface area contributed by atoms with Gasteiger partial charge in [0.1, 0.15) is 5.15 Å². The lowest BCUT2D eigenvalue weighted by molar-refractivity contribution is 0.873. The summed E-state index contributed by atoms with van der Waals surface area (Å²) >= 11 is 5.86. The molecule has 3 nitrogen and oxygen atoms in total. The van der Waals surface area contributed by atoms with Crippen LogP contribution in [-0.4, -0.2) is 23.6 Å². The van der Waals surface area contributed by atoms with E-state index < -0.39 is 0 Å². The zero-order chi connectivity index (χ0) is 12.1. The van der Waals surface area contributed by atoms with Crippen molar-refractivity contribution in [3.63, 3.8) is 0 Å². The zero-order valence-electron chi connectivity index (χ0n) is 9.68. The number of hydrogen-bond donors (Lipinski definition) is 0. The van der Waals surface area contributed by atoms with Crippen molar-refractivity contribution in [1.29, 1.82) is 0 Å². The fourth-order valence-corrected chi connectivity index (χ4v) is 1.77. The van der Waals surface area contributed by atoms with Crippen LogP contribution in [0, 0.1) is 0 Å². The van der Waals surface area contributed by atoms with Crippen LogP contribution in [0.15, 0.2) is 42.9 Å². The molecule has 0 aliphatic rings. The van der Waals surface area contributed by atoms with Gasteiger partial charge in [-0.15, -0.1) is 0 Å². The Kier molecular flexibility index (Phi) is 3.94. The predicted molar refractivity (Wildman–Crippen MR) is 70.5 cm³/mol. The topological polar surface area (TPSA) is 29.0 Å². The molecule has 0 radical (unpaired) electrons. The summed E-state index contributed by atoms with van der Waals surface area (Å²) < 4.78 is 0. The maximum atomic E-state index is 5.86. The number of hydrogen-bond acceptors (Lipinski definition) is 3. The molecule has 0 saturated heterocycles. The third-order valence-corrected chi connectivity index (χ3v) is 2.84. The van der Waals surface area contributed by atoms with Gasteiger partial charge in [0.15, 0.2) is 0 Å². The third-order valence-electron chi connectivity index (χ3n) is 2.64. The maximum absolute atomic E-state index is 5.86. The first-order valence-corrected chi connectivity index (χ1v) is 5.85. The van der Waals surface area contributed by atoms with E-state index in [0.717, 1.165) is 18.7 Å². The van der Waals surface area contributed by atoms with Gasteiger partial charge < -0.3 is 4.90 Å². The fraction of sp³-hybridized carbons (Fsp3) is 0.231. The van der Waals surface area contributed by atoms with Gasteiger partial charge in [-0.1, -0.05) is 11.6 Å². The van der Waals surface area contributed by atoms with E-state index in [2.05, 4.69) is 14.9 Å². The van der Waals surface area contributed by atoms with Crippen LogP contribution in [0.25, 0.3) is 0 Å². The van der Waals surface area contributed by atoms with E-state index in [1.165, 1.54) is 5.56 Å². The number of nitrogens with zero attached hydrogens (tertiary/aromatic N) is 3. The number of rotatable bonds is 4. The Bertz CT molecular complexity index is 473. The first-order valence-electron chi connectivity index (χ1n) is 5.47. The standard InChI is InChI=1S/C13H14ClN3/c1-17(12-4-8-16-13(14)10-12)9-5-11-2-6-15-7-3-11/h2-4,6-8,10H,5,9H2,1H3. The largest absolute Gasteiger partial charge is 0.374 e. The fourth-order valence-electron chi connectivity index (χ4n) is 1.61. The summed E-state index contributed by atoms with van der Waals surface area (Å²) in [6.07, 6.45) is 6.34. The lowest BCUT2D eigenvalue weighted by atomic mass is 10.2. The van der Waals surface area contributed by atoms with E-state index in [1.807, 2.05) is 43.7 Å². The molecule has 0 aromatic carbocycles. The first-order chi connectivity index (χ1) is 8.25. The van der Waals surface area contributed by atoms with Gasteiger partial charge in [0.2, 0.25) is 0 Å². The zero-order valence-corrected chi connectivity index (χ0v) is 10.4. The molecule has 2 rings (SSSR count). The van der Waals surface area contributed by atoms with Gasteiger partial charge in [0.25, 0.3) is 0 Å². The summed E-state index contributed by atoms with van der Waals surface area (Å²) in [5.41, 5.74) is 2.37. The van der Waals surface area contributed by atoms with Crippen LogP contribution in [0.1, 0.15) is 5.56 Å². The van der Waals surface area contributed by atoms with Crippen molar-refractivity contribution >= 4 is 17.3 Å².